The van der Waals surface area contributed by atoms with Gasteiger partial charge in [-0.2, -0.15) is 8.42 Å². The van der Waals surface area contributed by atoms with Gasteiger partial charge in [-0.1, -0.05) is 17.7 Å². The number of amides is 1. The molecule has 1 amide bonds. The molecule has 0 saturated carbocycles. The monoisotopic (exact) mass is 359 g/mol. The van der Waals surface area contributed by atoms with E-state index in [4.69, 9.17) is 14.0 Å². The normalized spacial score (nSPS) is 13.2. The Morgan fingerprint density at radius 2 is 1.75 bits per heavy atom. The SMILES string of the molecule is Cc1ccc(S(=O)(=O)OC[C@@H](NC(=O)OC(C)(C)C)C(=O)O)cc1. The molecule has 1 rings (SSSR count). The van der Waals surface area contributed by atoms with Gasteiger partial charge in [0.05, 0.1) is 11.5 Å². The summed E-state index contributed by atoms with van der Waals surface area (Å²) in [5, 5.41) is 11.1. The van der Waals surface area contributed by atoms with Crippen molar-refractivity contribution in [1.82, 2.24) is 5.32 Å². The number of alkyl carbamates (subject to hydrolysis) is 1. The van der Waals surface area contributed by atoms with Gasteiger partial charge in [-0.25, -0.2) is 9.59 Å². The highest BCUT2D eigenvalue weighted by Gasteiger charge is 2.27. The molecule has 0 aliphatic rings. The fourth-order valence-corrected chi connectivity index (χ4v) is 2.48. The van der Waals surface area contributed by atoms with Crippen molar-refractivity contribution >= 4 is 22.2 Å². The number of hydrogen-bond acceptors (Lipinski definition) is 6. The number of benzene rings is 1. The third-order valence-corrected chi connectivity index (χ3v) is 3.98. The number of aliphatic carboxylic acids is 1. The first-order valence-corrected chi connectivity index (χ1v) is 8.50. The van der Waals surface area contributed by atoms with Crippen molar-refractivity contribution < 1.29 is 32.0 Å². The van der Waals surface area contributed by atoms with E-state index in [2.05, 4.69) is 5.32 Å². The molecule has 0 fully saturated rings. The Morgan fingerprint density at radius 3 is 2.21 bits per heavy atom. The number of carboxylic acids is 1. The number of carbonyl (C=O) groups is 2. The van der Waals surface area contributed by atoms with Gasteiger partial charge in [0.15, 0.2) is 6.04 Å². The van der Waals surface area contributed by atoms with Crippen LogP contribution in [0.1, 0.15) is 26.3 Å². The molecular formula is C15H21NO7S. The molecule has 9 heteroatoms. The van der Waals surface area contributed by atoms with Crippen molar-refractivity contribution in [2.45, 2.75) is 44.2 Å². The highest BCUT2D eigenvalue weighted by molar-refractivity contribution is 7.86. The minimum Gasteiger partial charge on any atom is -0.480 e. The first-order valence-electron chi connectivity index (χ1n) is 7.09. The average Bonchev–Trinajstić information content (AvgIpc) is 2.41. The first-order chi connectivity index (χ1) is 10.9. The smallest absolute Gasteiger partial charge is 0.408 e. The Bertz CT molecular complexity index is 690. The zero-order valence-electron chi connectivity index (χ0n) is 13.9. The van der Waals surface area contributed by atoms with Crippen LogP contribution in [0.15, 0.2) is 29.2 Å². The molecule has 0 aliphatic carbocycles. The summed E-state index contributed by atoms with van der Waals surface area (Å²) in [4.78, 5) is 22.7. The lowest BCUT2D eigenvalue weighted by molar-refractivity contribution is -0.140. The Balaban J connectivity index is 2.74. The van der Waals surface area contributed by atoms with Gasteiger partial charge in [0.1, 0.15) is 5.60 Å². The largest absolute Gasteiger partial charge is 0.480 e. The van der Waals surface area contributed by atoms with Crippen molar-refractivity contribution in [2.75, 3.05) is 6.61 Å². The third kappa shape index (κ3) is 6.55. The second-order valence-corrected chi connectivity index (χ2v) is 7.70. The summed E-state index contributed by atoms with van der Waals surface area (Å²) in [6.07, 6.45) is -0.980. The summed E-state index contributed by atoms with van der Waals surface area (Å²) in [5.41, 5.74) is 0.0473. The zero-order valence-corrected chi connectivity index (χ0v) is 14.7. The van der Waals surface area contributed by atoms with Gasteiger partial charge in [0.2, 0.25) is 0 Å². The summed E-state index contributed by atoms with van der Waals surface area (Å²) >= 11 is 0. The second kappa shape index (κ2) is 7.63. The fraction of sp³-hybridized carbons (Fsp3) is 0.467. The highest BCUT2D eigenvalue weighted by atomic mass is 32.2. The van der Waals surface area contributed by atoms with E-state index < -0.39 is 40.4 Å². The number of nitrogens with one attached hydrogen (secondary N) is 1. The van der Waals surface area contributed by atoms with Gasteiger partial charge in [0, 0.05) is 0 Å². The molecule has 1 aromatic rings. The maximum Gasteiger partial charge on any atom is 0.408 e. The first kappa shape index (κ1) is 19.9. The van der Waals surface area contributed by atoms with Gasteiger partial charge in [-0.3, -0.25) is 4.18 Å². The average molecular weight is 359 g/mol. The molecule has 0 radical (unpaired) electrons. The number of carbonyl (C=O) groups excluding carboxylic acids is 1. The summed E-state index contributed by atoms with van der Waals surface area (Å²) in [5.74, 6) is -1.44. The van der Waals surface area contributed by atoms with E-state index in [1.165, 1.54) is 12.1 Å². The van der Waals surface area contributed by atoms with Crippen molar-refractivity contribution in [1.29, 1.82) is 0 Å². The predicted molar refractivity (Wildman–Crippen MR) is 85.1 cm³/mol. The van der Waals surface area contributed by atoms with Crippen LogP contribution in [-0.4, -0.2) is 43.8 Å². The third-order valence-electron chi connectivity index (χ3n) is 2.69. The Labute approximate surface area is 140 Å². The molecule has 0 unspecified atom stereocenters. The van der Waals surface area contributed by atoms with E-state index in [-0.39, 0.29) is 4.90 Å². The molecule has 0 saturated heterocycles. The van der Waals surface area contributed by atoms with Crippen LogP contribution in [0.5, 0.6) is 0 Å². The number of hydrogen-bond donors (Lipinski definition) is 2. The molecule has 0 heterocycles. The fourth-order valence-electron chi connectivity index (χ4n) is 1.56. The molecule has 0 aromatic heterocycles. The maximum atomic E-state index is 12.0. The van der Waals surface area contributed by atoms with Gasteiger partial charge >= 0.3 is 12.1 Å². The van der Waals surface area contributed by atoms with E-state index in [1.807, 2.05) is 0 Å². The van der Waals surface area contributed by atoms with Crippen LogP contribution in [-0.2, 0) is 23.8 Å². The molecule has 0 aliphatic heterocycles. The van der Waals surface area contributed by atoms with E-state index in [0.717, 1.165) is 5.56 Å². The number of aryl methyl sites for hydroxylation is 1. The Morgan fingerprint density at radius 1 is 1.21 bits per heavy atom. The minimum atomic E-state index is -4.13. The van der Waals surface area contributed by atoms with Crippen LogP contribution in [0.2, 0.25) is 0 Å². The van der Waals surface area contributed by atoms with Gasteiger partial charge in [-0.05, 0) is 39.8 Å². The van der Waals surface area contributed by atoms with Crippen molar-refractivity contribution in [3.8, 4) is 0 Å². The van der Waals surface area contributed by atoms with Crippen molar-refractivity contribution in [2.24, 2.45) is 0 Å². The molecule has 2 N–H and O–H groups in total. The van der Waals surface area contributed by atoms with Crippen LogP contribution in [0.25, 0.3) is 0 Å². The summed E-state index contributed by atoms with van der Waals surface area (Å²) < 4.78 is 33.7. The van der Waals surface area contributed by atoms with Crippen LogP contribution in [0.3, 0.4) is 0 Å². The number of rotatable bonds is 6. The lowest BCUT2D eigenvalue weighted by atomic mass is 10.2. The molecule has 134 valence electrons. The second-order valence-electron chi connectivity index (χ2n) is 6.09. The van der Waals surface area contributed by atoms with Crippen LogP contribution in [0, 0.1) is 6.92 Å². The van der Waals surface area contributed by atoms with Gasteiger partial charge in [-0.15, -0.1) is 0 Å². The van der Waals surface area contributed by atoms with Crippen LogP contribution >= 0.6 is 0 Å². The lowest BCUT2D eigenvalue weighted by Gasteiger charge is -2.21. The van der Waals surface area contributed by atoms with E-state index in [1.54, 1.807) is 39.8 Å². The molecular weight excluding hydrogens is 338 g/mol. The summed E-state index contributed by atoms with van der Waals surface area (Å²) in [6, 6.07) is 4.30. The van der Waals surface area contributed by atoms with E-state index in [9.17, 15) is 18.0 Å². The topological polar surface area (TPSA) is 119 Å². The molecule has 8 nitrogen and oxygen atoms in total. The summed E-state index contributed by atoms with van der Waals surface area (Å²) in [6.45, 7) is 5.87. The lowest BCUT2D eigenvalue weighted by Crippen LogP contribution is -2.46. The quantitative estimate of drug-likeness (QED) is 0.742. The van der Waals surface area contributed by atoms with Crippen molar-refractivity contribution in [3.05, 3.63) is 29.8 Å². The zero-order chi connectivity index (χ0) is 18.5. The minimum absolute atomic E-state index is 0.102. The standard InChI is InChI=1S/C15H21NO7S/c1-10-5-7-11(8-6-10)24(20,21)22-9-12(13(17)18)16-14(19)23-15(2,3)4/h5-8,12H,9H2,1-4H3,(H,16,19)(H,17,18)/t12-/m1/s1. The predicted octanol–water partition coefficient (Wildman–Crippen LogP) is 1.68. The summed E-state index contributed by atoms with van der Waals surface area (Å²) in [7, 11) is -4.13. The molecule has 0 spiro atoms. The van der Waals surface area contributed by atoms with Crippen LogP contribution < -0.4 is 5.32 Å². The van der Waals surface area contributed by atoms with Gasteiger partial charge in [0.25, 0.3) is 10.1 Å². The van der Waals surface area contributed by atoms with Crippen molar-refractivity contribution in [3.63, 3.8) is 0 Å². The maximum absolute atomic E-state index is 12.0. The Hall–Kier alpha value is -2.13. The van der Waals surface area contributed by atoms with E-state index >= 15 is 0 Å². The molecule has 1 atom stereocenters. The molecule has 1 aromatic carbocycles. The molecule has 24 heavy (non-hydrogen) atoms. The van der Waals surface area contributed by atoms with Crippen LogP contribution in [0.4, 0.5) is 4.79 Å². The number of carboxylic acid groups (broad SMARTS) is 1. The highest BCUT2D eigenvalue weighted by Crippen LogP contribution is 2.14. The van der Waals surface area contributed by atoms with E-state index in [0.29, 0.717) is 0 Å². The number of ether oxygens (including phenoxy) is 1. The van der Waals surface area contributed by atoms with Gasteiger partial charge < -0.3 is 15.2 Å². The molecule has 0 bridgehead atoms. The Kier molecular flexibility index (Phi) is 6.33.